The highest BCUT2D eigenvalue weighted by molar-refractivity contribution is 5.82. The molecule has 0 aromatic heterocycles. The van der Waals surface area contributed by atoms with Crippen molar-refractivity contribution in [2.45, 2.75) is 19.1 Å². The molecule has 2 heteroatoms. The van der Waals surface area contributed by atoms with Crippen molar-refractivity contribution in [3.05, 3.63) is 47.5 Å². The van der Waals surface area contributed by atoms with Gasteiger partial charge in [0, 0.05) is 0 Å². The van der Waals surface area contributed by atoms with E-state index in [1.807, 2.05) is 19.1 Å². The van der Waals surface area contributed by atoms with Crippen molar-refractivity contribution in [2.75, 3.05) is 0 Å². The van der Waals surface area contributed by atoms with Gasteiger partial charge in [-0.05, 0) is 35.8 Å². The molecule has 1 aromatic rings. The van der Waals surface area contributed by atoms with Gasteiger partial charge in [0.2, 0.25) is 0 Å². The topological polar surface area (TPSA) is 18.5 Å². The molecule has 15 heavy (non-hydrogen) atoms. The standard InChI is InChI=1S/C13H12O2/c1-9-8-12-11-5-3-2-4-10(11)6-7-13(12)15-14-9/h2-9,13H,1H3/t9-,13+/m1/s1. The molecule has 2 atom stereocenters. The second-order valence-corrected chi connectivity index (χ2v) is 3.89. The van der Waals surface area contributed by atoms with E-state index < -0.39 is 0 Å². The van der Waals surface area contributed by atoms with E-state index in [-0.39, 0.29) is 12.2 Å². The molecule has 76 valence electrons. The third kappa shape index (κ3) is 1.42. The maximum atomic E-state index is 5.30. The fourth-order valence-corrected chi connectivity index (χ4v) is 2.05. The highest BCUT2D eigenvalue weighted by atomic mass is 17.2. The maximum absolute atomic E-state index is 5.30. The van der Waals surface area contributed by atoms with Gasteiger partial charge in [-0.1, -0.05) is 30.3 Å². The molecule has 0 fully saturated rings. The maximum Gasteiger partial charge on any atom is 0.137 e. The molecule has 0 saturated heterocycles. The molecule has 2 aliphatic rings. The van der Waals surface area contributed by atoms with E-state index in [0.717, 1.165) is 0 Å². The van der Waals surface area contributed by atoms with Gasteiger partial charge in [0.05, 0.1) is 0 Å². The normalized spacial score (nSPS) is 27.9. The van der Waals surface area contributed by atoms with Gasteiger partial charge in [0.15, 0.2) is 0 Å². The third-order valence-electron chi connectivity index (χ3n) is 2.75. The van der Waals surface area contributed by atoms with E-state index in [4.69, 9.17) is 9.78 Å². The average Bonchev–Trinajstić information content (AvgIpc) is 2.29. The van der Waals surface area contributed by atoms with Crippen molar-refractivity contribution >= 4 is 11.6 Å². The molecule has 0 N–H and O–H groups in total. The Bertz CT molecular complexity index is 446. The lowest BCUT2D eigenvalue weighted by Gasteiger charge is -2.28. The largest absolute Gasteiger partial charge is 0.229 e. The first-order valence-electron chi connectivity index (χ1n) is 5.16. The second kappa shape index (κ2) is 3.33. The molecule has 0 bridgehead atoms. The number of benzene rings is 1. The Balaban J connectivity index is 2.15. The smallest absolute Gasteiger partial charge is 0.137 e. The third-order valence-corrected chi connectivity index (χ3v) is 2.75. The zero-order valence-corrected chi connectivity index (χ0v) is 8.51. The second-order valence-electron chi connectivity index (χ2n) is 3.89. The zero-order chi connectivity index (χ0) is 10.3. The molecule has 1 aromatic carbocycles. The van der Waals surface area contributed by atoms with Gasteiger partial charge in [-0.15, -0.1) is 0 Å². The van der Waals surface area contributed by atoms with E-state index >= 15 is 0 Å². The molecule has 2 nitrogen and oxygen atoms in total. The van der Waals surface area contributed by atoms with Crippen molar-refractivity contribution in [2.24, 2.45) is 0 Å². The van der Waals surface area contributed by atoms with Crippen LogP contribution in [0.2, 0.25) is 0 Å². The van der Waals surface area contributed by atoms with Crippen LogP contribution in [0.25, 0.3) is 11.6 Å². The first kappa shape index (κ1) is 8.89. The average molecular weight is 200 g/mol. The van der Waals surface area contributed by atoms with Crippen LogP contribution in [0.5, 0.6) is 0 Å². The van der Waals surface area contributed by atoms with Crippen molar-refractivity contribution in [1.29, 1.82) is 0 Å². The lowest BCUT2D eigenvalue weighted by molar-refractivity contribution is -0.323. The quantitative estimate of drug-likeness (QED) is 0.599. The molecule has 1 aliphatic heterocycles. The highest BCUT2D eigenvalue weighted by Crippen LogP contribution is 2.33. The summed E-state index contributed by atoms with van der Waals surface area (Å²) >= 11 is 0. The monoisotopic (exact) mass is 200 g/mol. The summed E-state index contributed by atoms with van der Waals surface area (Å²) in [7, 11) is 0. The predicted octanol–water partition coefficient (Wildman–Crippen LogP) is 2.82. The van der Waals surface area contributed by atoms with Crippen molar-refractivity contribution < 1.29 is 9.78 Å². The van der Waals surface area contributed by atoms with Crippen LogP contribution in [0.1, 0.15) is 18.1 Å². The summed E-state index contributed by atoms with van der Waals surface area (Å²) in [5.74, 6) is 0. The number of fused-ring (bicyclic) bond motifs is 3. The van der Waals surface area contributed by atoms with Gasteiger partial charge >= 0.3 is 0 Å². The minimum Gasteiger partial charge on any atom is -0.229 e. The first-order chi connectivity index (χ1) is 7.34. The van der Waals surface area contributed by atoms with Crippen LogP contribution in [0.4, 0.5) is 0 Å². The van der Waals surface area contributed by atoms with Crippen LogP contribution in [-0.2, 0) is 9.78 Å². The molecular formula is C13H12O2. The van der Waals surface area contributed by atoms with Gasteiger partial charge in [-0.2, -0.15) is 0 Å². The molecule has 0 spiro atoms. The summed E-state index contributed by atoms with van der Waals surface area (Å²) in [6.45, 7) is 1.98. The van der Waals surface area contributed by atoms with E-state index in [0.29, 0.717) is 0 Å². The summed E-state index contributed by atoms with van der Waals surface area (Å²) in [5.41, 5.74) is 3.71. The SMILES string of the molecule is C[C@@H]1C=C2c3ccccc3C=C[C@@H]2OO1. The highest BCUT2D eigenvalue weighted by Gasteiger charge is 2.25. The Morgan fingerprint density at radius 1 is 1.13 bits per heavy atom. The molecule has 1 aliphatic carbocycles. The summed E-state index contributed by atoms with van der Waals surface area (Å²) in [6, 6.07) is 8.34. The minimum absolute atomic E-state index is 0.0239. The summed E-state index contributed by atoms with van der Waals surface area (Å²) in [6.07, 6.45) is 6.21. The number of rotatable bonds is 0. The van der Waals surface area contributed by atoms with Crippen molar-refractivity contribution in [1.82, 2.24) is 0 Å². The Labute approximate surface area is 88.8 Å². The molecule has 0 unspecified atom stereocenters. The van der Waals surface area contributed by atoms with Gasteiger partial charge in [-0.25, -0.2) is 9.78 Å². The van der Waals surface area contributed by atoms with E-state index in [9.17, 15) is 0 Å². The van der Waals surface area contributed by atoms with Crippen LogP contribution in [0, 0.1) is 0 Å². The van der Waals surface area contributed by atoms with E-state index in [1.165, 1.54) is 16.7 Å². The van der Waals surface area contributed by atoms with Crippen LogP contribution in [0.3, 0.4) is 0 Å². The minimum atomic E-state index is -0.0453. The van der Waals surface area contributed by atoms with E-state index in [2.05, 4.69) is 30.4 Å². The van der Waals surface area contributed by atoms with Gasteiger partial charge in [0.1, 0.15) is 12.2 Å². The molecule has 0 saturated carbocycles. The van der Waals surface area contributed by atoms with Crippen LogP contribution < -0.4 is 0 Å². The number of hydrogen-bond acceptors (Lipinski definition) is 2. The van der Waals surface area contributed by atoms with E-state index in [1.54, 1.807) is 0 Å². The predicted molar refractivity (Wildman–Crippen MR) is 58.9 cm³/mol. The van der Waals surface area contributed by atoms with Crippen LogP contribution in [-0.4, -0.2) is 12.2 Å². The van der Waals surface area contributed by atoms with Gasteiger partial charge in [0.25, 0.3) is 0 Å². The molecule has 0 radical (unpaired) electrons. The van der Waals surface area contributed by atoms with Gasteiger partial charge < -0.3 is 0 Å². The lowest BCUT2D eigenvalue weighted by Crippen LogP contribution is -2.24. The van der Waals surface area contributed by atoms with Crippen LogP contribution >= 0.6 is 0 Å². The summed E-state index contributed by atoms with van der Waals surface area (Å²) in [5, 5.41) is 0. The fraction of sp³-hybridized carbons (Fsp3) is 0.231. The molecule has 3 rings (SSSR count). The Morgan fingerprint density at radius 2 is 2.00 bits per heavy atom. The fourth-order valence-electron chi connectivity index (χ4n) is 2.05. The Kier molecular flexibility index (Phi) is 1.97. The molecule has 1 heterocycles. The van der Waals surface area contributed by atoms with Crippen molar-refractivity contribution in [3.63, 3.8) is 0 Å². The Hall–Kier alpha value is -1.38. The van der Waals surface area contributed by atoms with Crippen LogP contribution in [0.15, 0.2) is 36.4 Å². The Morgan fingerprint density at radius 3 is 2.93 bits per heavy atom. The van der Waals surface area contributed by atoms with Gasteiger partial charge in [-0.3, -0.25) is 0 Å². The summed E-state index contributed by atoms with van der Waals surface area (Å²) in [4.78, 5) is 10.4. The number of hydrogen-bond donors (Lipinski definition) is 0. The molecule has 0 amide bonds. The zero-order valence-electron chi connectivity index (χ0n) is 8.51. The lowest BCUT2D eigenvalue weighted by atomic mass is 9.89. The van der Waals surface area contributed by atoms with Crippen molar-refractivity contribution in [3.8, 4) is 0 Å². The summed E-state index contributed by atoms with van der Waals surface area (Å²) < 4.78 is 0. The molecular weight excluding hydrogens is 188 g/mol. The first-order valence-corrected chi connectivity index (χ1v) is 5.16.